The van der Waals surface area contributed by atoms with Gasteiger partial charge in [0.15, 0.2) is 0 Å². The lowest BCUT2D eigenvalue weighted by Gasteiger charge is -2.37. The number of fused-ring (bicyclic) bond motifs is 1. The molecule has 1 amide bonds. The van der Waals surface area contributed by atoms with Crippen molar-refractivity contribution in [2.75, 3.05) is 13.2 Å². The third kappa shape index (κ3) is 3.14. The zero-order chi connectivity index (χ0) is 15.5. The molecule has 0 spiro atoms. The molecular formula is C17H21NO4. The summed E-state index contributed by atoms with van der Waals surface area (Å²) in [6.07, 6.45) is 4.58. The van der Waals surface area contributed by atoms with Crippen molar-refractivity contribution in [1.82, 2.24) is 4.90 Å². The number of hydrogen-bond acceptors (Lipinski definition) is 3. The van der Waals surface area contributed by atoms with E-state index in [0.717, 1.165) is 24.8 Å². The highest BCUT2D eigenvalue weighted by molar-refractivity contribution is 5.87. The van der Waals surface area contributed by atoms with E-state index in [2.05, 4.69) is 0 Å². The number of hydrogen-bond donors (Lipinski definition) is 1. The van der Waals surface area contributed by atoms with Crippen LogP contribution in [0.2, 0.25) is 0 Å². The molecule has 2 atom stereocenters. The minimum atomic E-state index is -0.928. The van der Waals surface area contributed by atoms with E-state index in [1.54, 1.807) is 24.3 Å². The summed E-state index contributed by atoms with van der Waals surface area (Å²) in [6, 6.07) is 7.01. The van der Waals surface area contributed by atoms with E-state index in [4.69, 9.17) is 9.84 Å². The predicted octanol–water partition coefficient (Wildman–Crippen LogP) is 2.10. The van der Waals surface area contributed by atoms with Crippen molar-refractivity contribution in [1.29, 1.82) is 0 Å². The zero-order valence-corrected chi connectivity index (χ0v) is 12.5. The maximum absolute atomic E-state index is 12.5. The Labute approximate surface area is 129 Å². The van der Waals surface area contributed by atoms with Crippen molar-refractivity contribution >= 4 is 11.9 Å². The highest BCUT2D eigenvalue weighted by Gasteiger charge is 2.37. The molecule has 22 heavy (non-hydrogen) atoms. The molecule has 1 N–H and O–H groups in total. The Morgan fingerprint density at radius 2 is 2.00 bits per heavy atom. The van der Waals surface area contributed by atoms with E-state index in [9.17, 15) is 9.59 Å². The Bertz CT molecular complexity index is 554. The summed E-state index contributed by atoms with van der Waals surface area (Å²) in [5.74, 6) is -0.745. The monoisotopic (exact) mass is 303 g/mol. The number of rotatable bonds is 4. The Morgan fingerprint density at radius 1 is 1.23 bits per heavy atom. The minimum absolute atomic E-state index is 0.183. The molecule has 2 aliphatic rings. The molecule has 1 saturated carbocycles. The quantitative estimate of drug-likeness (QED) is 0.925. The first-order chi connectivity index (χ1) is 10.6. The summed E-state index contributed by atoms with van der Waals surface area (Å²) >= 11 is 0. The summed E-state index contributed by atoms with van der Waals surface area (Å²) in [4.78, 5) is 25.3. The number of amides is 1. The number of carbonyl (C=O) groups excluding carboxylic acids is 1. The zero-order valence-electron chi connectivity index (χ0n) is 12.5. The van der Waals surface area contributed by atoms with E-state index < -0.39 is 5.97 Å². The van der Waals surface area contributed by atoms with E-state index >= 15 is 0 Å². The van der Waals surface area contributed by atoms with Gasteiger partial charge in [0.25, 0.3) is 0 Å². The standard InChI is InChI=1S/C17H21NO4/c19-16(18-10-11-22-15-3-1-2-14(15)18)9-6-12-4-7-13(8-5-12)17(20)21/h4-5,7-8,14-15H,1-3,6,9-11H2,(H,20,21)/t14-,15-/m0/s1. The van der Waals surface area contributed by atoms with Crippen LogP contribution in [-0.4, -0.2) is 47.2 Å². The Balaban J connectivity index is 1.56. The lowest BCUT2D eigenvalue weighted by atomic mass is 10.1. The van der Waals surface area contributed by atoms with Gasteiger partial charge >= 0.3 is 5.97 Å². The molecule has 5 heteroatoms. The van der Waals surface area contributed by atoms with Crippen molar-refractivity contribution in [2.45, 2.75) is 44.2 Å². The van der Waals surface area contributed by atoms with Gasteiger partial charge in [-0.05, 0) is 43.4 Å². The van der Waals surface area contributed by atoms with Crippen molar-refractivity contribution in [2.24, 2.45) is 0 Å². The molecule has 5 nitrogen and oxygen atoms in total. The molecular weight excluding hydrogens is 282 g/mol. The van der Waals surface area contributed by atoms with Crippen LogP contribution in [0.15, 0.2) is 24.3 Å². The number of benzene rings is 1. The lowest BCUT2D eigenvalue weighted by Crippen LogP contribution is -2.51. The summed E-state index contributed by atoms with van der Waals surface area (Å²) in [7, 11) is 0. The van der Waals surface area contributed by atoms with Crippen molar-refractivity contribution in [3.8, 4) is 0 Å². The van der Waals surface area contributed by atoms with Gasteiger partial charge in [-0.2, -0.15) is 0 Å². The van der Waals surface area contributed by atoms with Crippen LogP contribution in [0.5, 0.6) is 0 Å². The van der Waals surface area contributed by atoms with Crippen molar-refractivity contribution in [3.05, 3.63) is 35.4 Å². The Morgan fingerprint density at radius 3 is 2.73 bits per heavy atom. The molecule has 118 valence electrons. The van der Waals surface area contributed by atoms with Crippen LogP contribution < -0.4 is 0 Å². The average molecular weight is 303 g/mol. The van der Waals surface area contributed by atoms with E-state index in [1.807, 2.05) is 4.90 Å². The average Bonchev–Trinajstić information content (AvgIpc) is 3.01. The number of carboxylic acids is 1. The largest absolute Gasteiger partial charge is 0.478 e. The first kappa shape index (κ1) is 15.0. The summed E-state index contributed by atoms with van der Waals surface area (Å²) in [6.45, 7) is 1.33. The minimum Gasteiger partial charge on any atom is -0.478 e. The van der Waals surface area contributed by atoms with Gasteiger partial charge in [0.1, 0.15) is 0 Å². The van der Waals surface area contributed by atoms with Crippen LogP contribution >= 0.6 is 0 Å². The number of carboxylic acid groups (broad SMARTS) is 1. The van der Waals surface area contributed by atoms with Crippen LogP contribution in [0, 0.1) is 0 Å². The highest BCUT2D eigenvalue weighted by atomic mass is 16.5. The van der Waals surface area contributed by atoms with Crippen molar-refractivity contribution in [3.63, 3.8) is 0 Å². The number of ether oxygens (including phenoxy) is 1. The predicted molar refractivity (Wildman–Crippen MR) is 80.8 cm³/mol. The molecule has 1 aromatic carbocycles. The highest BCUT2D eigenvalue weighted by Crippen LogP contribution is 2.30. The van der Waals surface area contributed by atoms with Crippen LogP contribution in [0.1, 0.15) is 41.6 Å². The first-order valence-corrected chi connectivity index (χ1v) is 7.88. The van der Waals surface area contributed by atoms with Gasteiger partial charge in [0.2, 0.25) is 5.91 Å². The smallest absolute Gasteiger partial charge is 0.335 e. The van der Waals surface area contributed by atoms with Gasteiger partial charge in [-0.3, -0.25) is 4.79 Å². The van der Waals surface area contributed by atoms with E-state index in [-0.39, 0.29) is 23.6 Å². The number of morpholine rings is 1. The van der Waals surface area contributed by atoms with E-state index in [1.165, 1.54) is 0 Å². The van der Waals surface area contributed by atoms with Gasteiger partial charge in [0, 0.05) is 13.0 Å². The molecule has 0 aromatic heterocycles. The third-order valence-electron chi connectivity index (χ3n) is 4.63. The van der Waals surface area contributed by atoms with Gasteiger partial charge < -0.3 is 14.7 Å². The number of aromatic carboxylic acids is 1. The second-order valence-corrected chi connectivity index (χ2v) is 6.00. The third-order valence-corrected chi connectivity index (χ3v) is 4.63. The molecule has 1 heterocycles. The van der Waals surface area contributed by atoms with Crippen LogP contribution in [0.3, 0.4) is 0 Å². The second-order valence-electron chi connectivity index (χ2n) is 6.00. The normalized spacial score (nSPS) is 24.1. The number of carbonyl (C=O) groups is 2. The fourth-order valence-corrected chi connectivity index (χ4v) is 3.44. The van der Waals surface area contributed by atoms with Gasteiger partial charge in [-0.1, -0.05) is 12.1 Å². The molecule has 1 aliphatic heterocycles. The molecule has 1 saturated heterocycles. The molecule has 2 fully saturated rings. The summed E-state index contributed by atoms with van der Waals surface area (Å²) < 4.78 is 5.73. The number of nitrogens with zero attached hydrogens (tertiary/aromatic N) is 1. The maximum atomic E-state index is 12.5. The molecule has 0 bridgehead atoms. The molecule has 1 aliphatic carbocycles. The molecule has 0 unspecified atom stereocenters. The molecule has 0 radical (unpaired) electrons. The summed E-state index contributed by atoms with van der Waals surface area (Å²) in [5, 5.41) is 8.88. The number of aryl methyl sites for hydroxylation is 1. The van der Waals surface area contributed by atoms with E-state index in [0.29, 0.717) is 26.0 Å². The van der Waals surface area contributed by atoms with Gasteiger partial charge in [0.05, 0.1) is 24.3 Å². The fourth-order valence-electron chi connectivity index (χ4n) is 3.44. The Hall–Kier alpha value is -1.88. The second kappa shape index (κ2) is 6.48. The van der Waals surface area contributed by atoms with Gasteiger partial charge in [-0.25, -0.2) is 4.79 Å². The fraction of sp³-hybridized carbons (Fsp3) is 0.529. The van der Waals surface area contributed by atoms with Crippen LogP contribution in [0.25, 0.3) is 0 Å². The topological polar surface area (TPSA) is 66.8 Å². The van der Waals surface area contributed by atoms with Crippen molar-refractivity contribution < 1.29 is 19.4 Å². The lowest BCUT2D eigenvalue weighted by molar-refractivity contribution is -0.143. The molecule has 1 aromatic rings. The maximum Gasteiger partial charge on any atom is 0.335 e. The summed E-state index contributed by atoms with van der Waals surface area (Å²) in [5.41, 5.74) is 1.27. The van der Waals surface area contributed by atoms with Gasteiger partial charge in [-0.15, -0.1) is 0 Å². The van der Waals surface area contributed by atoms with Crippen LogP contribution in [0.4, 0.5) is 0 Å². The Kier molecular flexibility index (Phi) is 4.43. The molecule has 3 rings (SSSR count). The first-order valence-electron chi connectivity index (χ1n) is 7.88. The SMILES string of the molecule is O=C(O)c1ccc(CCC(=O)N2CCO[C@H]3CCC[C@@H]32)cc1. The van der Waals surface area contributed by atoms with Crippen LogP contribution in [-0.2, 0) is 16.0 Å².